The highest BCUT2D eigenvalue weighted by Crippen LogP contribution is 2.21. The minimum atomic E-state index is -0.0195. The first kappa shape index (κ1) is 13.5. The van der Waals surface area contributed by atoms with Gasteiger partial charge in [-0.05, 0) is 25.1 Å². The zero-order valence-corrected chi connectivity index (χ0v) is 11.0. The van der Waals surface area contributed by atoms with Crippen LogP contribution < -0.4 is 5.32 Å². The number of carbonyl (C=O) groups excluding carboxylic acids is 2. The molecule has 19 heavy (non-hydrogen) atoms. The molecule has 1 heterocycles. The second-order valence-corrected chi connectivity index (χ2v) is 4.78. The molecule has 0 unspecified atom stereocenters. The van der Waals surface area contributed by atoms with Gasteiger partial charge in [-0.3, -0.25) is 14.5 Å². The van der Waals surface area contributed by atoms with Crippen molar-refractivity contribution in [2.45, 2.75) is 19.9 Å². The van der Waals surface area contributed by atoms with Crippen LogP contribution in [0.1, 0.15) is 29.3 Å². The normalized spacial score (nSPS) is 16.8. The van der Waals surface area contributed by atoms with Crippen molar-refractivity contribution in [3.63, 3.8) is 0 Å². The highest BCUT2D eigenvalue weighted by molar-refractivity contribution is 5.94. The number of ketones is 1. The average Bonchev–Trinajstić information content (AvgIpc) is 2.57. The van der Waals surface area contributed by atoms with Crippen molar-refractivity contribution in [3.8, 4) is 5.75 Å². The number of carbonyl (C=O) groups is 2. The van der Waals surface area contributed by atoms with E-state index in [1.807, 2.05) is 0 Å². The first-order chi connectivity index (χ1) is 9.06. The summed E-state index contributed by atoms with van der Waals surface area (Å²) in [5.41, 5.74) is 1.32. The van der Waals surface area contributed by atoms with Crippen LogP contribution in [0.2, 0.25) is 0 Å². The van der Waals surface area contributed by atoms with Crippen LogP contribution in [0.5, 0.6) is 5.75 Å². The lowest BCUT2D eigenvalue weighted by Crippen LogP contribution is -2.28. The van der Waals surface area contributed by atoms with Gasteiger partial charge >= 0.3 is 0 Å². The van der Waals surface area contributed by atoms with Gasteiger partial charge in [-0.15, -0.1) is 0 Å². The molecule has 0 aromatic heterocycles. The summed E-state index contributed by atoms with van der Waals surface area (Å²) in [4.78, 5) is 24.7. The fourth-order valence-corrected chi connectivity index (χ4v) is 2.14. The van der Waals surface area contributed by atoms with Crippen molar-refractivity contribution in [2.24, 2.45) is 0 Å². The molecule has 0 bridgehead atoms. The van der Waals surface area contributed by atoms with E-state index in [0.717, 1.165) is 12.1 Å². The van der Waals surface area contributed by atoms with E-state index in [2.05, 4.69) is 10.2 Å². The molecule has 0 atom stereocenters. The highest BCUT2D eigenvalue weighted by atomic mass is 16.3. The summed E-state index contributed by atoms with van der Waals surface area (Å²) in [6, 6.07) is 4.89. The Hall–Kier alpha value is -1.88. The Morgan fingerprint density at radius 2 is 2.21 bits per heavy atom. The van der Waals surface area contributed by atoms with Gasteiger partial charge in [-0.1, -0.05) is 0 Å². The van der Waals surface area contributed by atoms with Crippen molar-refractivity contribution in [2.75, 3.05) is 19.6 Å². The van der Waals surface area contributed by atoms with E-state index in [9.17, 15) is 14.7 Å². The number of benzene rings is 1. The molecular formula is C14H18N2O3. The standard InChI is InChI=1S/C14H18N2O3/c1-10(17)11-2-3-13(18)12(8-11)9-16-6-4-14(19)15-5-7-16/h2-3,8,18H,4-7,9H2,1H3,(H,15,19). The molecule has 1 aromatic rings. The zero-order valence-electron chi connectivity index (χ0n) is 11.0. The molecule has 1 aliphatic heterocycles. The van der Waals surface area contributed by atoms with Crippen LogP contribution in [0, 0.1) is 0 Å². The topological polar surface area (TPSA) is 69.6 Å². The summed E-state index contributed by atoms with van der Waals surface area (Å²) >= 11 is 0. The number of Topliss-reactive ketones (excluding diaryl/α,β-unsaturated/α-hetero) is 1. The van der Waals surface area contributed by atoms with Gasteiger partial charge in [-0.2, -0.15) is 0 Å². The molecular weight excluding hydrogens is 244 g/mol. The lowest BCUT2D eigenvalue weighted by atomic mass is 10.1. The molecule has 1 aliphatic rings. The third kappa shape index (κ3) is 3.54. The fourth-order valence-electron chi connectivity index (χ4n) is 2.14. The Labute approximate surface area is 112 Å². The Morgan fingerprint density at radius 1 is 1.42 bits per heavy atom. The Morgan fingerprint density at radius 3 is 2.95 bits per heavy atom. The van der Waals surface area contributed by atoms with Crippen LogP contribution in [-0.2, 0) is 11.3 Å². The molecule has 1 fully saturated rings. The first-order valence-corrected chi connectivity index (χ1v) is 6.38. The SMILES string of the molecule is CC(=O)c1ccc(O)c(CN2CCNC(=O)CC2)c1. The Kier molecular flexibility index (Phi) is 4.16. The number of amides is 1. The number of hydrogen-bond acceptors (Lipinski definition) is 4. The number of phenols is 1. The van der Waals surface area contributed by atoms with Gasteiger partial charge in [0, 0.05) is 43.7 Å². The van der Waals surface area contributed by atoms with E-state index >= 15 is 0 Å². The summed E-state index contributed by atoms with van der Waals surface area (Å²) in [6.45, 7) is 4.07. The highest BCUT2D eigenvalue weighted by Gasteiger charge is 2.15. The number of nitrogens with zero attached hydrogens (tertiary/aromatic N) is 1. The van der Waals surface area contributed by atoms with Crippen LogP contribution in [0.4, 0.5) is 0 Å². The van der Waals surface area contributed by atoms with E-state index in [-0.39, 0.29) is 17.4 Å². The molecule has 2 N–H and O–H groups in total. The molecule has 1 amide bonds. The fraction of sp³-hybridized carbons (Fsp3) is 0.429. The molecule has 2 rings (SSSR count). The van der Waals surface area contributed by atoms with Crippen LogP contribution in [0.15, 0.2) is 18.2 Å². The van der Waals surface area contributed by atoms with E-state index in [1.165, 1.54) is 6.92 Å². The molecule has 0 saturated carbocycles. The largest absolute Gasteiger partial charge is 0.508 e. The van der Waals surface area contributed by atoms with E-state index in [4.69, 9.17) is 0 Å². The number of hydrogen-bond donors (Lipinski definition) is 2. The number of phenolic OH excluding ortho intramolecular Hbond substituents is 1. The molecule has 5 heteroatoms. The summed E-state index contributed by atoms with van der Waals surface area (Å²) in [5, 5.41) is 12.7. The van der Waals surface area contributed by atoms with Gasteiger partial charge in [0.05, 0.1) is 0 Å². The van der Waals surface area contributed by atoms with Crippen LogP contribution >= 0.6 is 0 Å². The third-order valence-corrected chi connectivity index (χ3v) is 3.29. The number of aromatic hydroxyl groups is 1. The minimum absolute atomic E-state index is 0.0195. The van der Waals surface area contributed by atoms with Crippen molar-refractivity contribution in [3.05, 3.63) is 29.3 Å². The number of nitrogens with one attached hydrogen (secondary N) is 1. The quantitative estimate of drug-likeness (QED) is 0.795. The Balaban J connectivity index is 2.11. The predicted molar refractivity (Wildman–Crippen MR) is 71.0 cm³/mol. The molecule has 0 radical (unpaired) electrons. The van der Waals surface area contributed by atoms with Crippen LogP contribution in [0.3, 0.4) is 0 Å². The van der Waals surface area contributed by atoms with E-state index < -0.39 is 0 Å². The maximum absolute atomic E-state index is 11.3. The van der Waals surface area contributed by atoms with Crippen molar-refractivity contribution >= 4 is 11.7 Å². The maximum Gasteiger partial charge on any atom is 0.221 e. The lowest BCUT2D eigenvalue weighted by molar-refractivity contribution is -0.120. The summed E-state index contributed by atoms with van der Waals surface area (Å²) in [5.74, 6) is 0.228. The van der Waals surface area contributed by atoms with Gasteiger partial charge in [0.1, 0.15) is 5.75 Å². The second kappa shape index (κ2) is 5.84. The van der Waals surface area contributed by atoms with E-state index in [1.54, 1.807) is 18.2 Å². The summed E-state index contributed by atoms with van der Waals surface area (Å²) in [7, 11) is 0. The van der Waals surface area contributed by atoms with Crippen LogP contribution in [-0.4, -0.2) is 41.3 Å². The van der Waals surface area contributed by atoms with Crippen molar-refractivity contribution in [1.82, 2.24) is 10.2 Å². The summed E-state index contributed by atoms with van der Waals surface area (Å²) in [6.07, 6.45) is 0.465. The molecule has 1 saturated heterocycles. The molecule has 102 valence electrons. The Bertz CT molecular complexity index is 499. The van der Waals surface area contributed by atoms with Gasteiger partial charge in [0.2, 0.25) is 5.91 Å². The van der Waals surface area contributed by atoms with Crippen molar-refractivity contribution in [1.29, 1.82) is 0 Å². The first-order valence-electron chi connectivity index (χ1n) is 6.38. The number of rotatable bonds is 3. The van der Waals surface area contributed by atoms with Crippen molar-refractivity contribution < 1.29 is 14.7 Å². The third-order valence-electron chi connectivity index (χ3n) is 3.29. The maximum atomic E-state index is 11.3. The smallest absolute Gasteiger partial charge is 0.221 e. The molecule has 5 nitrogen and oxygen atoms in total. The monoisotopic (exact) mass is 262 g/mol. The van der Waals surface area contributed by atoms with Gasteiger partial charge in [0.25, 0.3) is 0 Å². The zero-order chi connectivity index (χ0) is 13.8. The van der Waals surface area contributed by atoms with Gasteiger partial charge in [-0.25, -0.2) is 0 Å². The van der Waals surface area contributed by atoms with E-state index in [0.29, 0.717) is 31.6 Å². The second-order valence-electron chi connectivity index (χ2n) is 4.78. The van der Waals surface area contributed by atoms with Gasteiger partial charge in [0.15, 0.2) is 5.78 Å². The van der Waals surface area contributed by atoms with Gasteiger partial charge < -0.3 is 10.4 Å². The summed E-state index contributed by atoms with van der Waals surface area (Å²) < 4.78 is 0. The minimum Gasteiger partial charge on any atom is -0.508 e. The molecule has 1 aromatic carbocycles. The molecule has 0 spiro atoms. The van der Waals surface area contributed by atoms with Crippen LogP contribution in [0.25, 0.3) is 0 Å². The molecule has 0 aliphatic carbocycles. The predicted octanol–water partition coefficient (Wildman–Crippen LogP) is 0.917. The lowest BCUT2D eigenvalue weighted by Gasteiger charge is -2.19. The average molecular weight is 262 g/mol.